The maximum atomic E-state index is 12.4. The summed E-state index contributed by atoms with van der Waals surface area (Å²) in [5, 5.41) is 12.6. The third kappa shape index (κ3) is 2.72. The number of hydrogen-bond donors (Lipinski definition) is 2. The molecule has 3 rings (SSSR count). The number of rotatable bonds is 3. The first-order valence-corrected chi connectivity index (χ1v) is 7.81. The molecule has 0 saturated heterocycles. The van der Waals surface area contributed by atoms with Crippen molar-refractivity contribution in [1.29, 1.82) is 0 Å². The molecule has 0 fully saturated rings. The number of halogens is 1. The molecule has 0 saturated carbocycles. The van der Waals surface area contributed by atoms with Gasteiger partial charge in [-0.05, 0) is 35.8 Å². The molecule has 1 heterocycles. The summed E-state index contributed by atoms with van der Waals surface area (Å²) in [6.45, 7) is 0. The first-order valence-electron chi connectivity index (χ1n) is 6.25. The molecule has 0 aliphatic rings. The van der Waals surface area contributed by atoms with Gasteiger partial charge in [0.1, 0.15) is 5.69 Å². The lowest BCUT2D eigenvalue weighted by Crippen LogP contribution is -2.15. The normalized spacial score (nSPS) is 10.6. The van der Waals surface area contributed by atoms with Crippen LogP contribution in [0.1, 0.15) is 20.8 Å². The van der Waals surface area contributed by atoms with E-state index in [9.17, 15) is 14.7 Å². The number of benzene rings is 2. The van der Waals surface area contributed by atoms with Crippen LogP contribution in [0, 0.1) is 0 Å². The van der Waals surface area contributed by atoms with E-state index in [1.165, 1.54) is 17.6 Å². The van der Waals surface area contributed by atoms with Gasteiger partial charge in [-0.1, -0.05) is 34.1 Å². The van der Waals surface area contributed by atoms with Crippen molar-refractivity contribution in [1.82, 2.24) is 4.37 Å². The fourth-order valence-electron chi connectivity index (χ4n) is 2.03. The zero-order valence-corrected chi connectivity index (χ0v) is 13.4. The summed E-state index contributed by atoms with van der Waals surface area (Å²) in [5.41, 5.74) is 0.542. The van der Waals surface area contributed by atoms with Crippen LogP contribution in [-0.4, -0.2) is 21.4 Å². The Balaban J connectivity index is 1.97. The maximum absolute atomic E-state index is 12.4. The number of fused-ring (bicyclic) bond motifs is 1. The fourth-order valence-corrected chi connectivity index (χ4v) is 3.17. The highest BCUT2D eigenvalue weighted by Crippen LogP contribution is 2.25. The van der Waals surface area contributed by atoms with Crippen LogP contribution in [0.3, 0.4) is 0 Å². The topological polar surface area (TPSA) is 79.3 Å². The monoisotopic (exact) mass is 376 g/mol. The number of carboxylic acids is 1. The summed E-state index contributed by atoms with van der Waals surface area (Å²) in [5.74, 6) is -1.54. The van der Waals surface area contributed by atoms with E-state index in [2.05, 4.69) is 25.6 Å². The highest BCUT2D eigenvalue weighted by molar-refractivity contribution is 9.10. The first-order chi connectivity index (χ1) is 10.6. The van der Waals surface area contributed by atoms with Gasteiger partial charge in [-0.15, -0.1) is 0 Å². The van der Waals surface area contributed by atoms with E-state index >= 15 is 0 Å². The van der Waals surface area contributed by atoms with E-state index in [-0.39, 0.29) is 11.3 Å². The third-order valence-corrected chi connectivity index (χ3v) is 4.37. The SMILES string of the molecule is O=C(O)c1cc(Br)ccc1NC(=O)c1nsc2ccccc12. The number of anilines is 1. The second-order valence-corrected chi connectivity index (χ2v) is 6.20. The Morgan fingerprint density at radius 1 is 1.18 bits per heavy atom. The Morgan fingerprint density at radius 2 is 1.95 bits per heavy atom. The van der Waals surface area contributed by atoms with Crippen molar-refractivity contribution < 1.29 is 14.7 Å². The molecular formula is C15H9BrN2O3S. The molecule has 2 N–H and O–H groups in total. The van der Waals surface area contributed by atoms with Crippen LogP contribution < -0.4 is 5.32 Å². The highest BCUT2D eigenvalue weighted by atomic mass is 79.9. The molecule has 7 heteroatoms. The summed E-state index contributed by atoms with van der Waals surface area (Å²) >= 11 is 4.45. The number of hydrogen-bond acceptors (Lipinski definition) is 4. The standard InChI is InChI=1S/C15H9BrN2O3S/c16-8-5-6-11(10(7-8)15(20)21)17-14(19)13-9-3-1-2-4-12(9)22-18-13/h1-7H,(H,17,19)(H,20,21). The van der Waals surface area contributed by atoms with E-state index in [1.807, 2.05) is 24.3 Å². The minimum Gasteiger partial charge on any atom is -0.478 e. The van der Waals surface area contributed by atoms with Crippen LogP contribution in [0.5, 0.6) is 0 Å². The lowest BCUT2D eigenvalue weighted by atomic mass is 10.1. The van der Waals surface area contributed by atoms with Crippen molar-refractivity contribution in [2.45, 2.75) is 0 Å². The van der Waals surface area contributed by atoms with Crippen LogP contribution >= 0.6 is 27.5 Å². The van der Waals surface area contributed by atoms with Gasteiger partial charge >= 0.3 is 5.97 Å². The molecule has 3 aromatic rings. The fraction of sp³-hybridized carbons (Fsp3) is 0. The molecule has 0 atom stereocenters. The highest BCUT2D eigenvalue weighted by Gasteiger charge is 2.17. The lowest BCUT2D eigenvalue weighted by molar-refractivity contribution is 0.0698. The van der Waals surface area contributed by atoms with Crippen LogP contribution in [0.25, 0.3) is 10.1 Å². The second kappa shape index (κ2) is 5.86. The number of nitrogens with zero attached hydrogens (tertiary/aromatic N) is 1. The van der Waals surface area contributed by atoms with Crippen molar-refractivity contribution in [3.8, 4) is 0 Å². The average molecular weight is 377 g/mol. The molecule has 2 aromatic carbocycles. The van der Waals surface area contributed by atoms with Gasteiger partial charge in [-0.2, -0.15) is 4.37 Å². The molecule has 0 aliphatic heterocycles. The van der Waals surface area contributed by atoms with Crippen molar-refractivity contribution in [3.63, 3.8) is 0 Å². The van der Waals surface area contributed by atoms with E-state index < -0.39 is 11.9 Å². The van der Waals surface area contributed by atoms with Gasteiger partial charge in [0.2, 0.25) is 0 Å². The molecule has 0 aliphatic carbocycles. The third-order valence-electron chi connectivity index (χ3n) is 3.05. The molecule has 0 radical (unpaired) electrons. The maximum Gasteiger partial charge on any atom is 0.337 e. The number of nitrogens with one attached hydrogen (secondary N) is 1. The van der Waals surface area contributed by atoms with Crippen LogP contribution in [0.2, 0.25) is 0 Å². The number of carbonyl (C=O) groups excluding carboxylic acids is 1. The van der Waals surface area contributed by atoms with Crippen molar-refractivity contribution in [2.24, 2.45) is 0 Å². The second-order valence-electron chi connectivity index (χ2n) is 4.48. The van der Waals surface area contributed by atoms with Gasteiger partial charge < -0.3 is 10.4 Å². The summed E-state index contributed by atoms with van der Waals surface area (Å²) in [4.78, 5) is 23.6. The van der Waals surface area contributed by atoms with Gasteiger partial charge in [-0.25, -0.2) is 4.79 Å². The number of carbonyl (C=O) groups is 2. The van der Waals surface area contributed by atoms with Gasteiger partial charge in [0.15, 0.2) is 0 Å². The first kappa shape index (κ1) is 14.7. The molecule has 0 bridgehead atoms. The van der Waals surface area contributed by atoms with Crippen LogP contribution in [0.15, 0.2) is 46.9 Å². The molecule has 22 heavy (non-hydrogen) atoms. The zero-order chi connectivity index (χ0) is 15.7. The summed E-state index contributed by atoms with van der Waals surface area (Å²) in [7, 11) is 0. The largest absolute Gasteiger partial charge is 0.478 e. The van der Waals surface area contributed by atoms with Crippen LogP contribution in [0.4, 0.5) is 5.69 Å². The van der Waals surface area contributed by atoms with Crippen LogP contribution in [-0.2, 0) is 0 Å². The van der Waals surface area contributed by atoms with Gasteiger partial charge in [-0.3, -0.25) is 4.79 Å². The Labute approximate surface area is 137 Å². The summed E-state index contributed by atoms with van der Waals surface area (Å²) in [6.07, 6.45) is 0. The van der Waals surface area contributed by atoms with Gasteiger partial charge in [0, 0.05) is 9.86 Å². The molecule has 0 spiro atoms. The van der Waals surface area contributed by atoms with Crippen molar-refractivity contribution in [3.05, 3.63) is 58.2 Å². The van der Waals surface area contributed by atoms with E-state index in [1.54, 1.807) is 12.1 Å². The quantitative estimate of drug-likeness (QED) is 0.723. The smallest absolute Gasteiger partial charge is 0.337 e. The number of aromatic carboxylic acids is 1. The van der Waals surface area contributed by atoms with Gasteiger partial charge in [0.05, 0.1) is 16.0 Å². The van der Waals surface area contributed by atoms with Crippen molar-refractivity contribution >= 4 is 55.1 Å². The molecule has 110 valence electrons. The molecule has 1 amide bonds. The minimum atomic E-state index is -1.11. The Hall–Kier alpha value is -2.25. The Morgan fingerprint density at radius 3 is 2.73 bits per heavy atom. The molecule has 1 aromatic heterocycles. The van der Waals surface area contributed by atoms with Crippen molar-refractivity contribution in [2.75, 3.05) is 5.32 Å². The van der Waals surface area contributed by atoms with E-state index in [4.69, 9.17) is 0 Å². The summed E-state index contributed by atoms with van der Waals surface area (Å²) in [6, 6.07) is 12.0. The van der Waals surface area contributed by atoms with E-state index in [0.717, 1.165) is 10.1 Å². The Kier molecular flexibility index (Phi) is 3.91. The minimum absolute atomic E-state index is 0.0160. The summed E-state index contributed by atoms with van der Waals surface area (Å²) < 4.78 is 5.69. The zero-order valence-electron chi connectivity index (χ0n) is 11.0. The predicted octanol–water partition coefficient (Wildman–Crippen LogP) is 4.01. The average Bonchev–Trinajstić information content (AvgIpc) is 2.93. The molecule has 0 unspecified atom stereocenters. The number of aromatic nitrogens is 1. The number of carboxylic acid groups (broad SMARTS) is 1. The van der Waals surface area contributed by atoms with Gasteiger partial charge in [0.25, 0.3) is 5.91 Å². The lowest BCUT2D eigenvalue weighted by Gasteiger charge is -2.08. The molecule has 5 nitrogen and oxygen atoms in total. The Bertz CT molecular complexity index is 891. The van der Waals surface area contributed by atoms with E-state index in [0.29, 0.717) is 10.2 Å². The molecular weight excluding hydrogens is 368 g/mol. The number of amides is 1. The predicted molar refractivity (Wildman–Crippen MR) is 88.7 cm³/mol.